The molecule has 3 rings (SSSR count). The smallest absolute Gasteiger partial charge is 0.381 e. The largest absolute Gasteiger partial charge is 0.494 e. The number of carbonyl (C=O) groups excluding carboxylic acids is 3. The maximum atomic E-state index is 12.7. The second-order valence-corrected chi connectivity index (χ2v) is 15.2. The van der Waals surface area contributed by atoms with Gasteiger partial charge in [0.15, 0.2) is 0 Å². The molecule has 1 aromatic heterocycles. The fourth-order valence-corrected chi connectivity index (χ4v) is 6.09. The summed E-state index contributed by atoms with van der Waals surface area (Å²) >= 11 is 0. The van der Waals surface area contributed by atoms with Crippen molar-refractivity contribution in [2.45, 2.75) is 143 Å². The minimum Gasteiger partial charge on any atom is -0.494 e. The third-order valence-electron chi connectivity index (χ3n) is 9.56. The Morgan fingerprint density at radius 2 is 1.11 bits per heavy atom. The number of nitrogens with zero attached hydrogens (tertiary/aromatic N) is 2. The molecule has 0 saturated heterocycles. The number of carbonyl (C=O) groups is 3. The SMILES string of the molecule is CCCCCCCCCCCCCCCCCCOc1ccc(-c2cnc(C(=O)Oc3ccc(C(=O)OC[C@@H](C)CC(=O)OCCC(C)C)cc3)nc2)cc1. The molecule has 1 heterocycles. The minimum atomic E-state index is -0.714. The van der Waals surface area contributed by atoms with Crippen molar-refractivity contribution in [1.29, 1.82) is 0 Å². The molecule has 302 valence electrons. The average molecular weight is 759 g/mol. The first-order chi connectivity index (χ1) is 26.7. The zero-order chi connectivity index (χ0) is 39.5. The minimum absolute atomic E-state index is 0.0808. The number of aromatic nitrogens is 2. The Morgan fingerprint density at radius 1 is 0.582 bits per heavy atom. The summed E-state index contributed by atoms with van der Waals surface area (Å²) in [7, 11) is 0. The van der Waals surface area contributed by atoms with Crippen LogP contribution in [0.4, 0.5) is 0 Å². The lowest BCUT2D eigenvalue weighted by atomic mass is 10.0. The molecule has 9 heteroatoms. The van der Waals surface area contributed by atoms with Gasteiger partial charge in [-0.05, 0) is 60.7 Å². The zero-order valence-corrected chi connectivity index (χ0v) is 34.0. The molecule has 0 radical (unpaired) electrons. The number of rotatable bonds is 29. The van der Waals surface area contributed by atoms with Crippen LogP contribution in [0.1, 0.15) is 164 Å². The van der Waals surface area contributed by atoms with E-state index in [1.165, 1.54) is 121 Å². The van der Waals surface area contributed by atoms with Crippen LogP contribution >= 0.6 is 0 Å². The summed E-state index contributed by atoms with van der Waals surface area (Å²) in [4.78, 5) is 45.6. The van der Waals surface area contributed by atoms with Crippen molar-refractivity contribution in [3.63, 3.8) is 0 Å². The topological polar surface area (TPSA) is 114 Å². The molecule has 0 spiro atoms. The second kappa shape index (κ2) is 27.3. The molecule has 0 N–H and O–H groups in total. The molecule has 0 bridgehead atoms. The van der Waals surface area contributed by atoms with Crippen molar-refractivity contribution in [2.75, 3.05) is 19.8 Å². The molecular formula is C46H66N2O7. The molecule has 55 heavy (non-hydrogen) atoms. The summed E-state index contributed by atoms with van der Waals surface area (Å²) in [5.74, 6) is -0.290. The van der Waals surface area contributed by atoms with Crippen molar-refractivity contribution in [2.24, 2.45) is 11.8 Å². The Balaban J connectivity index is 1.26. The van der Waals surface area contributed by atoms with Crippen LogP contribution in [-0.2, 0) is 14.3 Å². The van der Waals surface area contributed by atoms with Gasteiger partial charge in [0.2, 0.25) is 5.82 Å². The predicted molar refractivity (Wildman–Crippen MR) is 218 cm³/mol. The number of hydrogen-bond acceptors (Lipinski definition) is 9. The van der Waals surface area contributed by atoms with Gasteiger partial charge in [0, 0.05) is 23.9 Å². The fraction of sp³-hybridized carbons (Fsp3) is 0.587. The third kappa shape index (κ3) is 19.8. The number of ether oxygens (including phenoxy) is 4. The Bertz CT molecular complexity index is 1490. The number of benzene rings is 2. The zero-order valence-electron chi connectivity index (χ0n) is 34.0. The Morgan fingerprint density at radius 3 is 1.65 bits per heavy atom. The molecule has 0 unspecified atom stereocenters. The van der Waals surface area contributed by atoms with Crippen LogP contribution in [0, 0.1) is 11.8 Å². The van der Waals surface area contributed by atoms with E-state index >= 15 is 0 Å². The van der Waals surface area contributed by atoms with Crippen LogP contribution in [0.15, 0.2) is 60.9 Å². The van der Waals surface area contributed by atoms with E-state index in [2.05, 4.69) is 30.7 Å². The van der Waals surface area contributed by atoms with E-state index in [0.717, 1.165) is 29.7 Å². The van der Waals surface area contributed by atoms with Crippen LogP contribution in [-0.4, -0.2) is 47.7 Å². The maximum absolute atomic E-state index is 12.7. The predicted octanol–water partition coefficient (Wildman–Crippen LogP) is 11.8. The second-order valence-electron chi connectivity index (χ2n) is 15.2. The summed E-state index contributed by atoms with van der Waals surface area (Å²) < 4.78 is 22.0. The Kier molecular flexibility index (Phi) is 22.4. The fourth-order valence-electron chi connectivity index (χ4n) is 6.09. The highest BCUT2D eigenvalue weighted by Gasteiger charge is 2.16. The first kappa shape index (κ1) is 45.1. The van der Waals surface area contributed by atoms with Crippen molar-refractivity contribution < 1.29 is 33.3 Å². The average Bonchev–Trinajstić information content (AvgIpc) is 3.18. The summed E-state index contributed by atoms with van der Waals surface area (Å²) in [6.45, 7) is 9.42. The van der Waals surface area contributed by atoms with E-state index in [4.69, 9.17) is 18.9 Å². The lowest BCUT2D eigenvalue weighted by molar-refractivity contribution is -0.145. The van der Waals surface area contributed by atoms with E-state index in [1.54, 1.807) is 12.4 Å². The molecule has 0 aliphatic carbocycles. The summed E-state index contributed by atoms with van der Waals surface area (Å²) in [5.41, 5.74) is 1.97. The van der Waals surface area contributed by atoms with Gasteiger partial charge in [-0.1, -0.05) is 136 Å². The first-order valence-corrected chi connectivity index (χ1v) is 21.0. The van der Waals surface area contributed by atoms with Crippen molar-refractivity contribution in [3.05, 3.63) is 72.3 Å². The maximum Gasteiger partial charge on any atom is 0.381 e. The van der Waals surface area contributed by atoms with Gasteiger partial charge in [-0.3, -0.25) is 4.79 Å². The molecule has 3 aromatic rings. The number of esters is 3. The van der Waals surface area contributed by atoms with Gasteiger partial charge in [0.25, 0.3) is 0 Å². The van der Waals surface area contributed by atoms with Gasteiger partial charge >= 0.3 is 17.9 Å². The van der Waals surface area contributed by atoms with Crippen molar-refractivity contribution in [1.82, 2.24) is 9.97 Å². The number of unbranched alkanes of at least 4 members (excludes halogenated alkanes) is 15. The molecule has 9 nitrogen and oxygen atoms in total. The molecule has 0 fully saturated rings. The van der Waals surface area contributed by atoms with E-state index in [0.29, 0.717) is 24.7 Å². The lowest BCUT2D eigenvalue weighted by Crippen LogP contribution is -2.17. The van der Waals surface area contributed by atoms with Gasteiger partial charge in [-0.15, -0.1) is 0 Å². The first-order valence-electron chi connectivity index (χ1n) is 21.0. The van der Waals surface area contributed by atoms with Crippen molar-refractivity contribution in [3.8, 4) is 22.6 Å². The van der Waals surface area contributed by atoms with E-state index in [9.17, 15) is 14.4 Å². The Labute approximate surface area is 330 Å². The molecule has 1 atom stereocenters. The van der Waals surface area contributed by atoms with Gasteiger partial charge in [0.1, 0.15) is 11.5 Å². The summed E-state index contributed by atoms with van der Waals surface area (Å²) in [6.07, 6.45) is 25.7. The quantitative estimate of drug-likeness (QED) is 0.0387. The van der Waals surface area contributed by atoms with Crippen LogP contribution in [0.3, 0.4) is 0 Å². The summed E-state index contributed by atoms with van der Waals surface area (Å²) in [6, 6.07) is 13.8. The monoisotopic (exact) mass is 758 g/mol. The standard InChI is InChI=1S/C46H66N2O7/c1-5-6-7-8-9-10-11-12-13-14-15-16-17-18-19-20-30-52-41-25-21-38(22-26-41)40-33-47-44(48-34-40)46(51)55-42-27-23-39(24-28-42)45(50)54-35-37(4)32-43(49)53-31-29-36(2)3/h21-28,33-34,36-37H,5-20,29-32,35H2,1-4H3/t37-/m0/s1. The van der Waals surface area contributed by atoms with E-state index in [1.807, 2.05) is 31.2 Å². The van der Waals surface area contributed by atoms with Crippen LogP contribution in [0.2, 0.25) is 0 Å². The van der Waals surface area contributed by atoms with E-state index in [-0.39, 0.29) is 36.5 Å². The third-order valence-corrected chi connectivity index (χ3v) is 9.56. The molecule has 2 aromatic carbocycles. The van der Waals surface area contributed by atoms with Gasteiger partial charge in [-0.2, -0.15) is 0 Å². The van der Waals surface area contributed by atoms with Gasteiger partial charge in [-0.25, -0.2) is 19.6 Å². The highest BCUT2D eigenvalue weighted by molar-refractivity contribution is 5.90. The molecule has 0 saturated carbocycles. The number of hydrogen-bond donors (Lipinski definition) is 0. The van der Waals surface area contributed by atoms with E-state index < -0.39 is 11.9 Å². The normalized spacial score (nSPS) is 11.7. The van der Waals surface area contributed by atoms with Crippen molar-refractivity contribution >= 4 is 17.9 Å². The Hall–Kier alpha value is -4.27. The molecule has 0 aliphatic rings. The van der Waals surface area contributed by atoms with Crippen LogP contribution in [0.5, 0.6) is 11.5 Å². The molecule has 0 amide bonds. The lowest BCUT2D eigenvalue weighted by Gasteiger charge is -2.12. The van der Waals surface area contributed by atoms with Crippen LogP contribution in [0.25, 0.3) is 11.1 Å². The van der Waals surface area contributed by atoms with Gasteiger partial charge < -0.3 is 18.9 Å². The summed E-state index contributed by atoms with van der Waals surface area (Å²) in [5, 5.41) is 0. The highest BCUT2D eigenvalue weighted by Crippen LogP contribution is 2.22. The highest BCUT2D eigenvalue weighted by atomic mass is 16.5. The molecule has 0 aliphatic heterocycles. The van der Waals surface area contributed by atoms with Crippen LogP contribution < -0.4 is 9.47 Å². The molecular weight excluding hydrogens is 693 g/mol. The van der Waals surface area contributed by atoms with Gasteiger partial charge in [0.05, 0.1) is 31.8 Å².